The van der Waals surface area contributed by atoms with E-state index in [1.807, 2.05) is 17.6 Å². The minimum atomic E-state index is 0.807. The molecule has 78 valence electrons. The molecule has 3 rings (SSSR count). The van der Waals surface area contributed by atoms with Crippen LogP contribution in [-0.4, -0.2) is 9.97 Å². The van der Waals surface area contributed by atoms with Crippen molar-refractivity contribution in [3.8, 4) is 11.3 Å². The second kappa shape index (κ2) is 3.81. The summed E-state index contributed by atoms with van der Waals surface area (Å²) in [6, 6.07) is 8.32. The van der Waals surface area contributed by atoms with Gasteiger partial charge in [0.1, 0.15) is 0 Å². The first-order valence-corrected chi connectivity index (χ1v) is 6.14. The number of aromatic amines is 1. The molecule has 0 aliphatic carbocycles. The summed E-state index contributed by atoms with van der Waals surface area (Å²) in [6.45, 7) is 0. The van der Waals surface area contributed by atoms with Gasteiger partial charge in [0.05, 0.1) is 5.69 Å². The summed E-state index contributed by atoms with van der Waals surface area (Å²) in [5, 5.41) is 4.39. The zero-order chi connectivity index (χ0) is 11.0. The van der Waals surface area contributed by atoms with Crippen LogP contribution < -0.4 is 0 Å². The average molecular weight is 244 g/mol. The van der Waals surface area contributed by atoms with Gasteiger partial charge in [-0.05, 0) is 35.3 Å². The third-order valence-electron chi connectivity index (χ3n) is 2.47. The Kier molecular flexibility index (Phi) is 2.31. The van der Waals surface area contributed by atoms with E-state index in [0.717, 1.165) is 20.6 Å². The minimum absolute atomic E-state index is 0.807. The molecule has 0 saturated heterocycles. The van der Waals surface area contributed by atoms with Crippen molar-refractivity contribution in [3.63, 3.8) is 0 Å². The lowest BCUT2D eigenvalue weighted by Crippen LogP contribution is -1.79. The van der Waals surface area contributed by atoms with Crippen molar-refractivity contribution < 1.29 is 0 Å². The predicted octanol–water partition coefficient (Wildman–Crippen LogP) is 4.02. The summed E-state index contributed by atoms with van der Waals surface area (Å²) in [6.07, 6.45) is 3.68. The summed E-state index contributed by atoms with van der Waals surface area (Å²) in [7, 11) is 0. The molecule has 1 aromatic carbocycles. The molecule has 0 atom stereocenters. The van der Waals surface area contributed by atoms with Crippen LogP contribution in [0.4, 0.5) is 0 Å². The summed E-state index contributed by atoms with van der Waals surface area (Å²) in [5.41, 5.74) is 2.22. The molecule has 2 heterocycles. The Morgan fingerprint density at radius 2 is 2.12 bits per heavy atom. The molecule has 0 spiro atoms. The van der Waals surface area contributed by atoms with Crippen LogP contribution in [0.15, 0.2) is 42.0 Å². The molecule has 0 radical (unpaired) electrons. The van der Waals surface area contributed by atoms with Crippen LogP contribution in [-0.2, 0) is 0 Å². The Morgan fingerprint density at radius 1 is 1.19 bits per heavy atom. The Balaban J connectivity index is 2.22. The molecule has 2 nitrogen and oxygen atoms in total. The Bertz CT molecular complexity index is 697. The third-order valence-corrected chi connectivity index (χ3v) is 3.53. The molecule has 0 unspecified atom stereocenters. The number of hydrogen-bond acceptors (Lipinski definition) is 3. The van der Waals surface area contributed by atoms with Gasteiger partial charge in [-0.1, -0.05) is 12.1 Å². The highest BCUT2D eigenvalue weighted by Crippen LogP contribution is 2.24. The van der Waals surface area contributed by atoms with Crippen molar-refractivity contribution >= 4 is 34.3 Å². The number of pyridine rings is 1. The van der Waals surface area contributed by atoms with Crippen molar-refractivity contribution in [2.75, 3.05) is 0 Å². The molecule has 3 aromatic rings. The summed E-state index contributed by atoms with van der Waals surface area (Å²) < 4.78 is 0.807. The topological polar surface area (TPSA) is 28.7 Å². The van der Waals surface area contributed by atoms with Crippen LogP contribution >= 0.6 is 23.6 Å². The second-order valence-corrected chi connectivity index (χ2v) is 5.05. The number of nitrogens with zero attached hydrogens (tertiary/aromatic N) is 1. The van der Waals surface area contributed by atoms with E-state index in [1.54, 1.807) is 17.5 Å². The van der Waals surface area contributed by atoms with Gasteiger partial charge in [0.2, 0.25) is 0 Å². The molecule has 0 bridgehead atoms. The lowest BCUT2D eigenvalue weighted by atomic mass is 10.1. The number of fused-ring (bicyclic) bond motifs is 1. The molecule has 16 heavy (non-hydrogen) atoms. The fraction of sp³-hybridized carbons (Fsp3) is 0. The molecule has 0 saturated carbocycles. The summed E-state index contributed by atoms with van der Waals surface area (Å²) >= 11 is 6.63. The van der Waals surface area contributed by atoms with Gasteiger partial charge < -0.3 is 4.98 Å². The smallest absolute Gasteiger partial charge is 0.158 e. The Morgan fingerprint density at radius 3 is 2.94 bits per heavy atom. The standard InChI is InChI=1S/C12H8N2S2/c15-12-14-11(7-16-12)9-2-1-8-3-4-13-6-10(8)5-9/h1-7H,(H,14,15). The highest BCUT2D eigenvalue weighted by atomic mass is 32.1. The van der Waals surface area contributed by atoms with E-state index in [1.165, 1.54) is 5.39 Å². The van der Waals surface area contributed by atoms with E-state index in [0.29, 0.717) is 0 Å². The number of benzene rings is 1. The van der Waals surface area contributed by atoms with E-state index in [-0.39, 0.29) is 0 Å². The van der Waals surface area contributed by atoms with Crippen LogP contribution in [0.3, 0.4) is 0 Å². The Hall–Kier alpha value is -1.52. The fourth-order valence-electron chi connectivity index (χ4n) is 1.67. The van der Waals surface area contributed by atoms with Crippen molar-refractivity contribution in [2.45, 2.75) is 0 Å². The number of rotatable bonds is 1. The van der Waals surface area contributed by atoms with Crippen molar-refractivity contribution in [1.29, 1.82) is 0 Å². The average Bonchev–Trinajstić information content (AvgIpc) is 2.75. The van der Waals surface area contributed by atoms with Gasteiger partial charge >= 0.3 is 0 Å². The maximum Gasteiger partial charge on any atom is 0.158 e. The molecular formula is C12H8N2S2. The largest absolute Gasteiger partial charge is 0.337 e. The first-order chi connectivity index (χ1) is 7.83. The monoisotopic (exact) mass is 244 g/mol. The second-order valence-electron chi connectivity index (χ2n) is 3.50. The van der Waals surface area contributed by atoms with Crippen LogP contribution in [0.2, 0.25) is 0 Å². The summed E-state index contributed by atoms with van der Waals surface area (Å²) in [4.78, 5) is 7.29. The first kappa shape index (κ1) is 9.69. The quantitative estimate of drug-likeness (QED) is 0.655. The molecule has 0 aliphatic heterocycles. The normalized spacial score (nSPS) is 10.8. The maximum atomic E-state index is 5.08. The SMILES string of the molecule is S=c1[nH]c(-c2ccc3ccncc3c2)cs1. The lowest BCUT2D eigenvalue weighted by molar-refractivity contribution is 1.36. The first-order valence-electron chi connectivity index (χ1n) is 4.85. The van der Waals surface area contributed by atoms with Crippen LogP contribution in [0.25, 0.3) is 22.0 Å². The lowest BCUT2D eigenvalue weighted by Gasteiger charge is -2.00. The zero-order valence-corrected chi connectivity index (χ0v) is 9.94. The zero-order valence-electron chi connectivity index (χ0n) is 8.31. The molecule has 0 fully saturated rings. The maximum absolute atomic E-state index is 5.08. The van der Waals surface area contributed by atoms with Gasteiger partial charge in [0.25, 0.3) is 0 Å². The number of H-pyrrole nitrogens is 1. The Labute approximate surface area is 102 Å². The van der Waals surface area contributed by atoms with E-state index < -0.39 is 0 Å². The number of nitrogens with one attached hydrogen (secondary N) is 1. The number of hydrogen-bond donors (Lipinski definition) is 1. The number of aromatic nitrogens is 2. The van der Waals surface area contributed by atoms with Crippen molar-refractivity contribution in [3.05, 3.63) is 46.0 Å². The minimum Gasteiger partial charge on any atom is -0.337 e. The highest BCUT2D eigenvalue weighted by molar-refractivity contribution is 7.73. The van der Waals surface area contributed by atoms with Gasteiger partial charge in [0, 0.05) is 23.2 Å². The molecule has 4 heteroatoms. The van der Waals surface area contributed by atoms with Crippen LogP contribution in [0.1, 0.15) is 0 Å². The highest BCUT2D eigenvalue weighted by Gasteiger charge is 2.00. The number of thiazole rings is 1. The molecular weight excluding hydrogens is 236 g/mol. The van der Waals surface area contributed by atoms with Gasteiger partial charge in [-0.3, -0.25) is 4.98 Å². The predicted molar refractivity (Wildman–Crippen MR) is 70.2 cm³/mol. The van der Waals surface area contributed by atoms with E-state index >= 15 is 0 Å². The summed E-state index contributed by atoms with van der Waals surface area (Å²) in [5.74, 6) is 0. The molecule has 2 aromatic heterocycles. The van der Waals surface area contributed by atoms with E-state index in [9.17, 15) is 0 Å². The van der Waals surface area contributed by atoms with E-state index in [2.05, 4.69) is 28.2 Å². The molecule has 1 N–H and O–H groups in total. The van der Waals surface area contributed by atoms with Gasteiger partial charge in [-0.25, -0.2) is 0 Å². The van der Waals surface area contributed by atoms with Crippen LogP contribution in [0.5, 0.6) is 0 Å². The molecule has 0 aliphatic rings. The van der Waals surface area contributed by atoms with Crippen LogP contribution in [0, 0.1) is 3.95 Å². The van der Waals surface area contributed by atoms with Crippen molar-refractivity contribution in [1.82, 2.24) is 9.97 Å². The van der Waals surface area contributed by atoms with Gasteiger partial charge in [-0.2, -0.15) is 0 Å². The molecule has 0 amide bonds. The third kappa shape index (κ3) is 1.66. The van der Waals surface area contributed by atoms with Gasteiger partial charge in [-0.15, -0.1) is 11.3 Å². The van der Waals surface area contributed by atoms with E-state index in [4.69, 9.17) is 12.2 Å². The van der Waals surface area contributed by atoms with Gasteiger partial charge in [0.15, 0.2) is 3.95 Å². The fourth-order valence-corrected chi connectivity index (χ4v) is 2.52. The van der Waals surface area contributed by atoms with Crippen molar-refractivity contribution in [2.24, 2.45) is 0 Å².